The number of nitrogens with one attached hydrogen (secondary N) is 2. The van der Waals surface area contributed by atoms with Gasteiger partial charge >= 0.3 is 0 Å². The lowest BCUT2D eigenvalue weighted by Crippen LogP contribution is -2.32. The Kier molecular flexibility index (Phi) is 6.42. The van der Waals surface area contributed by atoms with Gasteiger partial charge in [0.2, 0.25) is 0 Å². The highest BCUT2D eigenvalue weighted by atomic mass is 35.5. The largest absolute Gasteiger partial charge is 0.496 e. The smallest absolute Gasteiger partial charge is 0.259 e. The molecule has 0 aliphatic rings. The van der Waals surface area contributed by atoms with E-state index in [0.717, 1.165) is 6.42 Å². The number of ether oxygens (including phenoxy) is 1. The molecule has 0 saturated carbocycles. The minimum Gasteiger partial charge on any atom is -0.496 e. The molecule has 0 aliphatic carbocycles. The number of carbonyl (C=O) groups excluding carboxylic acids is 2. The molecule has 25 heavy (non-hydrogen) atoms. The fourth-order valence-corrected chi connectivity index (χ4v) is 2.41. The molecule has 6 heteroatoms. The summed E-state index contributed by atoms with van der Waals surface area (Å²) in [6, 6.07) is 11.7. The Hall–Kier alpha value is -2.53. The standard InChI is InChI=1S/C19H21ClN2O3/c1-4-12(2)21-18(23)14-7-5-6-8-16(14)22-19(24)15-11-13(20)9-10-17(15)25-3/h5-12H,4H2,1-3H3,(H,21,23)(H,22,24)/t12-/m0/s1. The maximum Gasteiger partial charge on any atom is 0.259 e. The van der Waals surface area contributed by atoms with Crippen LogP contribution >= 0.6 is 11.6 Å². The van der Waals surface area contributed by atoms with Crippen molar-refractivity contribution in [1.29, 1.82) is 0 Å². The summed E-state index contributed by atoms with van der Waals surface area (Å²) in [5, 5.41) is 6.08. The average molecular weight is 361 g/mol. The van der Waals surface area contributed by atoms with Gasteiger partial charge in [-0.05, 0) is 43.7 Å². The molecule has 2 aromatic carbocycles. The number of methoxy groups -OCH3 is 1. The van der Waals surface area contributed by atoms with Crippen LogP contribution in [0.4, 0.5) is 5.69 Å². The lowest BCUT2D eigenvalue weighted by Gasteiger charge is -2.15. The lowest BCUT2D eigenvalue weighted by atomic mass is 10.1. The van der Waals surface area contributed by atoms with Gasteiger partial charge in [0, 0.05) is 11.1 Å². The van der Waals surface area contributed by atoms with Gasteiger partial charge < -0.3 is 15.4 Å². The molecule has 2 N–H and O–H groups in total. The van der Waals surface area contributed by atoms with E-state index in [4.69, 9.17) is 16.3 Å². The summed E-state index contributed by atoms with van der Waals surface area (Å²) < 4.78 is 5.21. The van der Waals surface area contributed by atoms with Crippen LogP contribution in [0.25, 0.3) is 0 Å². The molecule has 0 bridgehead atoms. The van der Waals surface area contributed by atoms with Crippen LogP contribution in [-0.4, -0.2) is 25.0 Å². The summed E-state index contributed by atoms with van der Waals surface area (Å²) in [6.07, 6.45) is 0.819. The molecule has 2 rings (SSSR count). The van der Waals surface area contributed by atoms with Crippen molar-refractivity contribution in [3.05, 3.63) is 58.6 Å². The third-order valence-corrected chi connectivity index (χ3v) is 4.05. The summed E-state index contributed by atoms with van der Waals surface area (Å²) in [5.74, 6) is -0.227. The Morgan fingerprint density at radius 1 is 1.12 bits per heavy atom. The van der Waals surface area contributed by atoms with Crippen LogP contribution in [-0.2, 0) is 0 Å². The van der Waals surface area contributed by atoms with E-state index < -0.39 is 5.91 Å². The van der Waals surface area contributed by atoms with Crippen LogP contribution < -0.4 is 15.4 Å². The Morgan fingerprint density at radius 2 is 1.84 bits per heavy atom. The first-order valence-electron chi connectivity index (χ1n) is 8.01. The SMILES string of the molecule is CC[C@H](C)NC(=O)c1ccccc1NC(=O)c1cc(Cl)ccc1OC. The Labute approximate surface area is 152 Å². The number of amides is 2. The van der Waals surface area contributed by atoms with Gasteiger partial charge in [-0.1, -0.05) is 30.7 Å². The van der Waals surface area contributed by atoms with Crippen molar-refractivity contribution in [2.75, 3.05) is 12.4 Å². The predicted octanol–water partition coefficient (Wildman–Crippen LogP) is 4.13. The van der Waals surface area contributed by atoms with Crippen molar-refractivity contribution in [3.63, 3.8) is 0 Å². The number of halogens is 1. The molecule has 0 heterocycles. The van der Waals surface area contributed by atoms with Gasteiger partial charge in [0.1, 0.15) is 5.75 Å². The highest BCUT2D eigenvalue weighted by Gasteiger charge is 2.17. The fraction of sp³-hybridized carbons (Fsp3) is 0.263. The molecule has 0 fully saturated rings. The van der Waals surface area contributed by atoms with Gasteiger partial charge in [-0.15, -0.1) is 0 Å². The molecule has 0 aliphatic heterocycles. The summed E-state index contributed by atoms with van der Waals surface area (Å²) in [4.78, 5) is 25.0. The van der Waals surface area contributed by atoms with Crippen molar-refractivity contribution in [3.8, 4) is 5.75 Å². The molecule has 0 saturated heterocycles. The number of hydrogen-bond acceptors (Lipinski definition) is 3. The summed E-state index contributed by atoms with van der Waals surface area (Å²) in [6.45, 7) is 3.92. The third kappa shape index (κ3) is 4.73. The highest BCUT2D eigenvalue weighted by Crippen LogP contribution is 2.24. The monoisotopic (exact) mass is 360 g/mol. The summed E-state index contributed by atoms with van der Waals surface area (Å²) in [5.41, 5.74) is 1.12. The topological polar surface area (TPSA) is 67.4 Å². The van der Waals surface area contributed by atoms with Gasteiger partial charge in [0.15, 0.2) is 0 Å². The lowest BCUT2D eigenvalue weighted by molar-refractivity contribution is 0.0940. The first kappa shape index (κ1) is 18.8. The number of hydrogen-bond donors (Lipinski definition) is 2. The van der Waals surface area contributed by atoms with E-state index in [1.54, 1.807) is 36.4 Å². The second kappa shape index (κ2) is 8.53. The van der Waals surface area contributed by atoms with Gasteiger partial charge in [-0.2, -0.15) is 0 Å². The third-order valence-electron chi connectivity index (χ3n) is 3.82. The van der Waals surface area contributed by atoms with E-state index in [1.165, 1.54) is 13.2 Å². The van der Waals surface area contributed by atoms with Crippen LogP contribution in [0, 0.1) is 0 Å². The second-order valence-corrected chi connectivity index (χ2v) is 6.06. The van der Waals surface area contributed by atoms with Crippen LogP contribution in [0.15, 0.2) is 42.5 Å². The second-order valence-electron chi connectivity index (χ2n) is 5.63. The highest BCUT2D eigenvalue weighted by molar-refractivity contribution is 6.31. The number of carbonyl (C=O) groups is 2. The number of rotatable bonds is 6. The number of para-hydroxylation sites is 1. The number of anilines is 1. The van der Waals surface area contributed by atoms with Crippen LogP contribution in [0.2, 0.25) is 5.02 Å². The predicted molar refractivity (Wildman–Crippen MR) is 99.6 cm³/mol. The molecule has 0 unspecified atom stereocenters. The summed E-state index contributed by atoms with van der Waals surface area (Å²) in [7, 11) is 1.48. The van der Waals surface area contributed by atoms with Crippen molar-refractivity contribution < 1.29 is 14.3 Å². The molecule has 0 spiro atoms. The fourth-order valence-electron chi connectivity index (χ4n) is 2.24. The summed E-state index contributed by atoms with van der Waals surface area (Å²) >= 11 is 5.98. The average Bonchev–Trinajstić information content (AvgIpc) is 2.61. The molecular weight excluding hydrogens is 340 g/mol. The van der Waals surface area contributed by atoms with Crippen molar-refractivity contribution in [2.24, 2.45) is 0 Å². The zero-order valence-corrected chi connectivity index (χ0v) is 15.2. The molecule has 132 valence electrons. The number of benzene rings is 2. The maximum atomic E-state index is 12.6. The van der Waals surface area contributed by atoms with Gasteiger partial charge in [-0.25, -0.2) is 0 Å². The molecule has 0 aromatic heterocycles. The normalized spacial score (nSPS) is 11.5. The molecule has 5 nitrogen and oxygen atoms in total. The van der Waals surface area contributed by atoms with Crippen LogP contribution in [0.1, 0.15) is 41.0 Å². The maximum absolute atomic E-state index is 12.6. The Morgan fingerprint density at radius 3 is 2.52 bits per heavy atom. The van der Waals surface area contributed by atoms with Gasteiger partial charge in [-0.3, -0.25) is 9.59 Å². The minimum atomic E-state index is -0.400. The van der Waals surface area contributed by atoms with E-state index in [-0.39, 0.29) is 11.9 Å². The Bertz CT molecular complexity index is 777. The van der Waals surface area contributed by atoms with E-state index in [9.17, 15) is 9.59 Å². The van der Waals surface area contributed by atoms with E-state index in [0.29, 0.717) is 27.6 Å². The molecular formula is C19H21ClN2O3. The molecule has 2 amide bonds. The van der Waals surface area contributed by atoms with Crippen molar-refractivity contribution in [2.45, 2.75) is 26.3 Å². The molecule has 1 atom stereocenters. The van der Waals surface area contributed by atoms with Gasteiger partial charge in [0.05, 0.1) is 23.9 Å². The van der Waals surface area contributed by atoms with E-state index in [2.05, 4.69) is 10.6 Å². The van der Waals surface area contributed by atoms with Crippen molar-refractivity contribution in [1.82, 2.24) is 5.32 Å². The minimum absolute atomic E-state index is 0.0456. The molecule has 0 radical (unpaired) electrons. The first-order chi connectivity index (χ1) is 12.0. The van der Waals surface area contributed by atoms with Crippen molar-refractivity contribution >= 4 is 29.1 Å². The Balaban J connectivity index is 2.28. The molecule has 2 aromatic rings. The zero-order chi connectivity index (χ0) is 18.4. The zero-order valence-electron chi connectivity index (χ0n) is 14.4. The van der Waals surface area contributed by atoms with Gasteiger partial charge in [0.25, 0.3) is 11.8 Å². The van der Waals surface area contributed by atoms with Crippen LogP contribution in [0.5, 0.6) is 5.75 Å². The van der Waals surface area contributed by atoms with E-state index >= 15 is 0 Å². The van der Waals surface area contributed by atoms with Crippen LogP contribution in [0.3, 0.4) is 0 Å². The van der Waals surface area contributed by atoms with E-state index in [1.807, 2.05) is 13.8 Å². The first-order valence-corrected chi connectivity index (χ1v) is 8.38. The quantitative estimate of drug-likeness (QED) is 0.813.